The van der Waals surface area contributed by atoms with Gasteiger partial charge in [0.05, 0.1) is 13.3 Å². The smallest absolute Gasteiger partial charge is 0.189 e. The molecule has 0 bridgehead atoms. The molecule has 16 heavy (non-hydrogen) atoms. The molecule has 5 heteroatoms. The van der Waals surface area contributed by atoms with Gasteiger partial charge in [-0.2, -0.15) is 5.10 Å². The number of hydrogen-bond donors (Lipinski definition) is 1. The van der Waals surface area contributed by atoms with Gasteiger partial charge < -0.3 is 9.64 Å². The van der Waals surface area contributed by atoms with E-state index < -0.39 is 0 Å². The third-order valence-electron chi connectivity index (χ3n) is 1.90. The Labute approximate surface area is 101 Å². The van der Waals surface area contributed by atoms with Crippen molar-refractivity contribution in [1.29, 1.82) is 0 Å². The number of hydrazone groups is 1. The number of hydrogen-bond acceptors (Lipinski definition) is 3. The average molecular weight is 237 g/mol. The van der Waals surface area contributed by atoms with Crippen molar-refractivity contribution in [2.45, 2.75) is 0 Å². The standard InChI is InChI=1S/C11H15N3OS/c1-14(2)11(16)13-12-8-9-4-6-10(15-3)7-5-9/h4-8H,1-3H3,(H,13,16). The van der Waals surface area contributed by atoms with Crippen molar-refractivity contribution < 1.29 is 4.74 Å². The van der Waals surface area contributed by atoms with Crippen molar-refractivity contribution in [3.8, 4) is 5.75 Å². The second-order valence-electron chi connectivity index (χ2n) is 3.34. The predicted molar refractivity (Wildman–Crippen MR) is 70.0 cm³/mol. The van der Waals surface area contributed by atoms with Crippen LogP contribution in [0.15, 0.2) is 29.4 Å². The van der Waals surface area contributed by atoms with E-state index in [4.69, 9.17) is 17.0 Å². The quantitative estimate of drug-likeness (QED) is 0.490. The fraction of sp³-hybridized carbons (Fsp3) is 0.273. The highest BCUT2D eigenvalue weighted by Gasteiger charge is 1.94. The zero-order valence-corrected chi connectivity index (χ0v) is 10.4. The van der Waals surface area contributed by atoms with Crippen molar-refractivity contribution in [2.75, 3.05) is 21.2 Å². The van der Waals surface area contributed by atoms with Gasteiger partial charge >= 0.3 is 0 Å². The van der Waals surface area contributed by atoms with E-state index in [1.54, 1.807) is 18.2 Å². The van der Waals surface area contributed by atoms with Crippen LogP contribution in [0.2, 0.25) is 0 Å². The molecule has 0 atom stereocenters. The summed E-state index contributed by atoms with van der Waals surface area (Å²) in [4.78, 5) is 1.78. The zero-order chi connectivity index (χ0) is 12.0. The molecule has 0 aliphatic carbocycles. The minimum absolute atomic E-state index is 0.574. The number of thiocarbonyl (C=S) groups is 1. The molecule has 86 valence electrons. The average Bonchev–Trinajstić information content (AvgIpc) is 2.29. The van der Waals surface area contributed by atoms with E-state index in [0.29, 0.717) is 5.11 Å². The molecule has 1 aromatic carbocycles. The SMILES string of the molecule is COc1ccc(C=NNC(=S)N(C)C)cc1. The van der Waals surface area contributed by atoms with E-state index >= 15 is 0 Å². The van der Waals surface area contributed by atoms with Crippen LogP contribution in [-0.4, -0.2) is 37.4 Å². The molecule has 0 aliphatic heterocycles. The molecule has 0 spiro atoms. The molecular formula is C11H15N3OS. The zero-order valence-electron chi connectivity index (χ0n) is 9.60. The van der Waals surface area contributed by atoms with Gasteiger partial charge in [-0.3, -0.25) is 5.43 Å². The molecule has 0 saturated heterocycles. The largest absolute Gasteiger partial charge is 0.497 e. The summed E-state index contributed by atoms with van der Waals surface area (Å²) in [5.74, 6) is 0.828. The first-order valence-electron chi connectivity index (χ1n) is 4.78. The Kier molecular flexibility index (Phi) is 4.72. The van der Waals surface area contributed by atoms with Gasteiger partial charge in [-0.25, -0.2) is 0 Å². The van der Waals surface area contributed by atoms with Crippen LogP contribution in [-0.2, 0) is 0 Å². The summed E-state index contributed by atoms with van der Waals surface area (Å²) in [7, 11) is 5.36. The highest BCUT2D eigenvalue weighted by atomic mass is 32.1. The van der Waals surface area contributed by atoms with E-state index in [1.807, 2.05) is 38.4 Å². The van der Waals surface area contributed by atoms with E-state index in [2.05, 4.69) is 10.5 Å². The van der Waals surface area contributed by atoms with Gasteiger partial charge in [-0.05, 0) is 42.0 Å². The summed E-state index contributed by atoms with van der Waals surface area (Å²) in [6.45, 7) is 0. The van der Waals surface area contributed by atoms with Gasteiger partial charge in [0.2, 0.25) is 0 Å². The van der Waals surface area contributed by atoms with Crippen LogP contribution in [0, 0.1) is 0 Å². The van der Waals surface area contributed by atoms with Gasteiger partial charge in [-0.15, -0.1) is 0 Å². The lowest BCUT2D eigenvalue weighted by molar-refractivity contribution is 0.415. The Hall–Kier alpha value is -1.62. The molecule has 0 unspecified atom stereocenters. The van der Waals surface area contributed by atoms with Crippen molar-refractivity contribution in [2.24, 2.45) is 5.10 Å². The normalized spacial score (nSPS) is 10.2. The number of methoxy groups -OCH3 is 1. The van der Waals surface area contributed by atoms with Crippen molar-refractivity contribution in [1.82, 2.24) is 10.3 Å². The lowest BCUT2D eigenvalue weighted by Gasteiger charge is -2.11. The first-order chi connectivity index (χ1) is 7.63. The van der Waals surface area contributed by atoms with Crippen LogP contribution < -0.4 is 10.2 Å². The molecule has 0 aliphatic rings. The minimum Gasteiger partial charge on any atom is -0.497 e. The number of benzene rings is 1. The lowest BCUT2D eigenvalue weighted by atomic mass is 10.2. The molecular weight excluding hydrogens is 222 g/mol. The van der Waals surface area contributed by atoms with Crippen LogP contribution in [0.3, 0.4) is 0 Å². The van der Waals surface area contributed by atoms with Gasteiger partial charge in [0.1, 0.15) is 5.75 Å². The fourth-order valence-corrected chi connectivity index (χ4v) is 1.00. The maximum Gasteiger partial charge on any atom is 0.189 e. The summed E-state index contributed by atoms with van der Waals surface area (Å²) < 4.78 is 5.06. The predicted octanol–water partition coefficient (Wildman–Crippen LogP) is 1.47. The van der Waals surface area contributed by atoms with E-state index in [-0.39, 0.29) is 0 Å². The third kappa shape index (κ3) is 3.86. The molecule has 0 saturated carbocycles. The summed E-state index contributed by atoms with van der Waals surface area (Å²) >= 11 is 5.01. The summed E-state index contributed by atoms with van der Waals surface area (Å²) in [5.41, 5.74) is 3.74. The van der Waals surface area contributed by atoms with Crippen molar-refractivity contribution in [3.63, 3.8) is 0 Å². The highest BCUT2D eigenvalue weighted by molar-refractivity contribution is 7.80. The summed E-state index contributed by atoms with van der Waals surface area (Å²) in [6.07, 6.45) is 1.70. The van der Waals surface area contributed by atoms with E-state index in [9.17, 15) is 0 Å². The molecule has 1 N–H and O–H groups in total. The second-order valence-corrected chi connectivity index (χ2v) is 3.73. The Morgan fingerprint density at radius 1 is 1.38 bits per heavy atom. The van der Waals surface area contributed by atoms with Gasteiger partial charge in [0, 0.05) is 14.1 Å². The van der Waals surface area contributed by atoms with Crippen LogP contribution in [0.5, 0.6) is 5.75 Å². The summed E-state index contributed by atoms with van der Waals surface area (Å²) in [5, 5.41) is 4.59. The molecule has 0 heterocycles. The number of ether oxygens (including phenoxy) is 1. The number of nitrogens with zero attached hydrogens (tertiary/aromatic N) is 2. The molecule has 0 fully saturated rings. The van der Waals surface area contributed by atoms with Crippen molar-refractivity contribution in [3.05, 3.63) is 29.8 Å². The maximum absolute atomic E-state index is 5.06. The maximum atomic E-state index is 5.06. The second kappa shape index (κ2) is 6.07. The lowest BCUT2D eigenvalue weighted by Crippen LogP contribution is -2.30. The van der Waals surface area contributed by atoms with Gasteiger partial charge in [0.25, 0.3) is 0 Å². The molecule has 1 aromatic rings. The Bertz CT molecular complexity index is 373. The first kappa shape index (κ1) is 12.4. The molecule has 0 radical (unpaired) electrons. The Morgan fingerprint density at radius 2 is 2.00 bits per heavy atom. The van der Waals surface area contributed by atoms with Crippen molar-refractivity contribution >= 4 is 23.5 Å². The molecule has 0 aromatic heterocycles. The van der Waals surface area contributed by atoms with Gasteiger partial charge in [0.15, 0.2) is 5.11 Å². The molecule has 1 rings (SSSR count). The minimum atomic E-state index is 0.574. The summed E-state index contributed by atoms with van der Waals surface area (Å²) in [6, 6.07) is 7.60. The third-order valence-corrected chi connectivity index (χ3v) is 2.35. The van der Waals surface area contributed by atoms with Crippen LogP contribution in [0.25, 0.3) is 0 Å². The van der Waals surface area contributed by atoms with Gasteiger partial charge in [-0.1, -0.05) is 0 Å². The number of rotatable bonds is 3. The first-order valence-corrected chi connectivity index (χ1v) is 5.18. The molecule has 0 amide bonds. The van der Waals surface area contributed by atoms with Crippen LogP contribution >= 0.6 is 12.2 Å². The van der Waals surface area contributed by atoms with E-state index in [1.165, 1.54) is 0 Å². The number of nitrogens with one attached hydrogen (secondary N) is 1. The fourth-order valence-electron chi connectivity index (χ4n) is 0.952. The Morgan fingerprint density at radius 3 is 2.50 bits per heavy atom. The van der Waals surface area contributed by atoms with E-state index in [0.717, 1.165) is 11.3 Å². The highest BCUT2D eigenvalue weighted by Crippen LogP contribution is 2.09. The Balaban J connectivity index is 2.53. The molecule has 4 nitrogen and oxygen atoms in total. The van der Waals surface area contributed by atoms with Crippen LogP contribution in [0.4, 0.5) is 0 Å². The topological polar surface area (TPSA) is 36.9 Å². The monoisotopic (exact) mass is 237 g/mol. The van der Waals surface area contributed by atoms with Crippen LogP contribution in [0.1, 0.15) is 5.56 Å².